The van der Waals surface area contributed by atoms with E-state index in [1.807, 2.05) is 13.8 Å². The van der Waals surface area contributed by atoms with E-state index in [0.717, 1.165) is 13.0 Å². The molecule has 1 unspecified atom stereocenters. The van der Waals surface area contributed by atoms with Crippen LogP contribution in [-0.4, -0.2) is 6.54 Å². The molecule has 0 amide bonds. The van der Waals surface area contributed by atoms with Crippen molar-refractivity contribution < 1.29 is 0 Å². The molecule has 0 N–H and O–H groups in total. The van der Waals surface area contributed by atoms with Gasteiger partial charge in [-0.1, -0.05) is 98.6 Å². The van der Waals surface area contributed by atoms with Crippen molar-refractivity contribution in [2.45, 2.75) is 72.6 Å². The molecule has 0 spiro atoms. The first kappa shape index (κ1) is 28.4. The Kier molecular flexibility index (Phi) is 8.21. The minimum absolute atomic E-state index is 0.0325. The first-order valence-corrected chi connectivity index (χ1v) is 14.2. The Morgan fingerprint density at radius 1 is 0.769 bits per heavy atom. The fourth-order valence-corrected chi connectivity index (χ4v) is 6.28. The molecule has 0 saturated heterocycles. The molecule has 0 aromatic heterocycles. The summed E-state index contributed by atoms with van der Waals surface area (Å²) in [6.45, 7) is 22.3. The monoisotopic (exact) mass is 515 g/mol. The van der Waals surface area contributed by atoms with Crippen LogP contribution in [0.25, 0.3) is 11.1 Å². The van der Waals surface area contributed by atoms with Crippen LogP contribution in [-0.2, 0) is 10.8 Å². The van der Waals surface area contributed by atoms with Crippen LogP contribution in [0.15, 0.2) is 103 Å². The molecule has 202 valence electrons. The quantitative estimate of drug-likeness (QED) is 0.239. The Morgan fingerprint density at radius 3 is 2.05 bits per heavy atom. The highest BCUT2D eigenvalue weighted by Crippen LogP contribution is 2.53. The van der Waals surface area contributed by atoms with Crippen molar-refractivity contribution in [1.82, 2.24) is 0 Å². The van der Waals surface area contributed by atoms with E-state index in [1.165, 1.54) is 55.9 Å². The molecule has 39 heavy (non-hydrogen) atoms. The summed E-state index contributed by atoms with van der Waals surface area (Å²) in [6, 6.07) is 33.9. The van der Waals surface area contributed by atoms with E-state index in [0.29, 0.717) is 0 Å². The van der Waals surface area contributed by atoms with E-state index in [9.17, 15) is 0 Å². The number of hydrogen-bond acceptors (Lipinski definition) is 1. The van der Waals surface area contributed by atoms with Crippen LogP contribution in [0.5, 0.6) is 0 Å². The predicted octanol–water partition coefficient (Wildman–Crippen LogP) is 10.7. The minimum atomic E-state index is 0.0325. The molecule has 0 heterocycles. The average Bonchev–Trinajstić information content (AvgIpc) is 3.11. The highest BCUT2D eigenvalue weighted by Gasteiger charge is 2.45. The standard InChI is InChI=1S/C34H37N.C4H8/c1-7-35(28-17-16-25(3)30(21-28)26-13-9-8-10-14-26)29-18-19-31-32(22-29)33(4,5)23-34(31,6)27-15-11-12-24(2)20-27;1-4(2)3/h8-22H,7,23H2,1-6H3;1H2,2-3H3. The van der Waals surface area contributed by atoms with Gasteiger partial charge in [-0.25, -0.2) is 0 Å². The van der Waals surface area contributed by atoms with Crippen LogP contribution in [0.3, 0.4) is 0 Å². The first-order valence-electron chi connectivity index (χ1n) is 14.2. The zero-order valence-electron chi connectivity index (χ0n) is 25.2. The van der Waals surface area contributed by atoms with Crippen LogP contribution in [0.4, 0.5) is 11.4 Å². The number of anilines is 2. The van der Waals surface area contributed by atoms with Crippen molar-refractivity contribution in [2.24, 2.45) is 0 Å². The van der Waals surface area contributed by atoms with Gasteiger partial charge in [0.15, 0.2) is 0 Å². The van der Waals surface area contributed by atoms with E-state index in [1.54, 1.807) is 0 Å². The maximum Gasteiger partial charge on any atom is 0.0417 e. The molecule has 0 aliphatic heterocycles. The first-order chi connectivity index (χ1) is 18.5. The van der Waals surface area contributed by atoms with E-state index < -0.39 is 0 Å². The molecular formula is C38H45N. The Balaban J connectivity index is 0.000000826. The number of rotatable bonds is 5. The molecule has 0 saturated carbocycles. The van der Waals surface area contributed by atoms with E-state index in [2.05, 4.69) is 144 Å². The molecule has 5 rings (SSSR count). The molecule has 1 aliphatic rings. The number of allylic oxidation sites excluding steroid dienone is 1. The lowest BCUT2D eigenvalue weighted by atomic mass is 9.75. The largest absolute Gasteiger partial charge is 0.342 e. The molecule has 0 fully saturated rings. The highest BCUT2D eigenvalue weighted by atomic mass is 15.1. The van der Waals surface area contributed by atoms with Gasteiger partial charge in [0, 0.05) is 23.3 Å². The lowest BCUT2D eigenvalue weighted by molar-refractivity contribution is 0.425. The van der Waals surface area contributed by atoms with Crippen LogP contribution in [0.1, 0.15) is 75.8 Å². The van der Waals surface area contributed by atoms with Gasteiger partial charge in [-0.2, -0.15) is 0 Å². The van der Waals surface area contributed by atoms with E-state index in [-0.39, 0.29) is 10.8 Å². The Morgan fingerprint density at radius 2 is 1.41 bits per heavy atom. The lowest BCUT2D eigenvalue weighted by Gasteiger charge is -2.29. The van der Waals surface area contributed by atoms with Crippen LogP contribution in [0, 0.1) is 13.8 Å². The van der Waals surface area contributed by atoms with E-state index >= 15 is 0 Å². The second-order valence-electron chi connectivity index (χ2n) is 12.3. The molecule has 1 heteroatoms. The molecule has 0 radical (unpaired) electrons. The van der Waals surface area contributed by atoms with Crippen molar-refractivity contribution in [3.8, 4) is 11.1 Å². The summed E-state index contributed by atoms with van der Waals surface area (Å²) in [5.74, 6) is 0. The zero-order valence-corrected chi connectivity index (χ0v) is 25.2. The van der Waals surface area contributed by atoms with Crippen molar-refractivity contribution in [1.29, 1.82) is 0 Å². The molecule has 0 bridgehead atoms. The molecule has 4 aromatic carbocycles. The van der Waals surface area contributed by atoms with Gasteiger partial charge < -0.3 is 4.90 Å². The maximum absolute atomic E-state index is 3.56. The van der Waals surface area contributed by atoms with E-state index in [4.69, 9.17) is 0 Å². The fourth-order valence-electron chi connectivity index (χ4n) is 6.28. The number of benzene rings is 4. The smallest absolute Gasteiger partial charge is 0.0417 e. The third-order valence-electron chi connectivity index (χ3n) is 8.02. The second kappa shape index (κ2) is 11.3. The second-order valence-corrected chi connectivity index (χ2v) is 12.3. The Hall–Kier alpha value is -3.58. The minimum Gasteiger partial charge on any atom is -0.342 e. The summed E-state index contributed by atoms with van der Waals surface area (Å²) in [5, 5.41) is 0. The summed E-state index contributed by atoms with van der Waals surface area (Å²) in [4.78, 5) is 2.45. The number of nitrogens with zero attached hydrogens (tertiary/aromatic N) is 1. The predicted molar refractivity (Wildman–Crippen MR) is 172 cm³/mol. The number of hydrogen-bond donors (Lipinski definition) is 0. The third-order valence-corrected chi connectivity index (χ3v) is 8.02. The summed E-state index contributed by atoms with van der Waals surface area (Å²) in [5.41, 5.74) is 13.4. The summed E-state index contributed by atoms with van der Waals surface area (Å²) in [6.07, 6.45) is 1.12. The molecular weight excluding hydrogens is 470 g/mol. The summed E-state index contributed by atoms with van der Waals surface area (Å²) in [7, 11) is 0. The molecule has 1 nitrogen and oxygen atoms in total. The SMILES string of the molecule is C=C(C)C.CCN(c1ccc(C)c(-c2ccccc2)c1)c1ccc2c(c1)C(C)(C)CC2(C)c1cccc(C)c1. The topological polar surface area (TPSA) is 3.24 Å². The maximum atomic E-state index is 3.56. The molecule has 4 aromatic rings. The van der Waals surface area contributed by atoms with Gasteiger partial charge >= 0.3 is 0 Å². The number of aryl methyl sites for hydroxylation is 2. The third kappa shape index (κ3) is 5.88. The fraction of sp³-hybridized carbons (Fsp3) is 0.316. The summed E-state index contributed by atoms with van der Waals surface area (Å²) < 4.78 is 0. The normalized spacial score (nSPS) is 17.1. The average molecular weight is 516 g/mol. The van der Waals surface area contributed by atoms with Gasteiger partial charge in [0.25, 0.3) is 0 Å². The molecule has 1 aliphatic carbocycles. The van der Waals surface area contributed by atoms with Crippen molar-refractivity contribution in [3.05, 3.63) is 131 Å². The van der Waals surface area contributed by atoms with Gasteiger partial charge in [-0.15, -0.1) is 6.58 Å². The van der Waals surface area contributed by atoms with Gasteiger partial charge in [0.2, 0.25) is 0 Å². The summed E-state index contributed by atoms with van der Waals surface area (Å²) >= 11 is 0. The van der Waals surface area contributed by atoms with Crippen molar-refractivity contribution >= 4 is 11.4 Å². The number of fused-ring (bicyclic) bond motifs is 1. The van der Waals surface area contributed by atoms with Gasteiger partial charge in [0.1, 0.15) is 0 Å². The Bertz CT molecular complexity index is 1460. The van der Waals surface area contributed by atoms with Crippen LogP contribution in [0.2, 0.25) is 0 Å². The highest BCUT2D eigenvalue weighted by molar-refractivity contribution is 5.75. The van der Waals surface area contributed by atoms with Gasteiger partial charge in [-0.3, -0.25) is 0 Å². The molecule has 1 atom stereocenters. The Labute approximate surface area is 237 Å². The van der Waals surface area contributed by atoms with Crippen LogP contribution < -0.4 is 4.90 Å². The van der Waals surface area contributed by atoms with Crippen molar-refractivity contribution in [2.75, 3.05) is 11.4 Å². The lowest BCUT2D eigenvalue weighted by Crippen LogP contribution is -2.23. The van der Waals surface area contributed by atoms with Crippen LogP contribution >= 0.6 is 0 Å². The zero-order chi connectivity index (χ0) is 28.4. The van der Waals surface area contributed by atoms with Gasteiger partial charge in [0.05, 0.1) is 0 Å². The van der Waals surface area contributed by atoms with Gasteiger partial charge in [-0.05, 0) is 104 Å². The van der Waals surface area contributed by atoms with Crippen molar-refractivity contribution in [3.63, 3.8) is 0 Å².